The molecule has 0 N–H and O–H groups in total. The van der Waals surface area contributed by atoms with Crippen LogP contribution in [0.2, 0.25) is 0 Å². The average Bonchev–Trinajstić information content (AvgIpc) is 2.74. The standard InChI is InChI=1S/C13H23NO4/c1-12(2,3)14-6-5-13(17-7-8-18-13)9-10(14)11(15)16-4/h10H,5-9H2,1-4H3. The molecule has 104 valence electrons. The molecule has 0 radical (unpaired) electrons. The SMILES string of the molecule is COC(=O)C1CC2(CCN1C(C)(C)C)OCCO2. The lowest BCUT2D eigenvalue weighted by Crippen LogP contribution is -2.60. The van der Waals surface area contributed by atoms with Gasteiger partial charge in [-0.15, -0.1) is 0 Å². The van der Waals surface area contributed by atoms with E-state index in [1.807, 2.05) is 0 Å². The summed E-state index contributed by atoms with van der Waals surface area (Å²) in [5, 5.41) is 0. The highest BCUT2D eigenvalue weighted by molar-refractivity contribution is 5.76. The van der Waals surface area contributed by atoms with Crippen molar-refractivity contribution in [3.63, 3.8) is 0 Å². The van der Waals surface area contributed by atoms with E-state index in [-0.39, 0.29) is 17.6 Å². The van der Waals surface area contributed by atoms with Crippen molar-refractivity contribution in [1.82, 2.24) is 4.90 Å². The zero-order valence-corrected chi connectivity index (χ0v) is 11.7. The third kappa shape index (κ3) is 2.53. The minimum Gasteiger partial charge on any atom is -0.468 e. The van der Waals surface area contributed by atoms with E-state index in [9.17, 15) is 4.79 Å². The Balaban J connectivity index is 2.18. The fourth-order valence-electron chi connectivity index (χ4n) is 2.86. The van der Waals surface area contributed by atoms with Gasteiger partial charge in [-0.2, -0.15) is 0 Å². The molecule has 1 atom stereocenters. The number of likely N-dealkylation sites (tertiary alicyclic amines) is 1. The summed E-state index contributed by atoms with van der Waals surface area (Å²) in [7, 11) is 1.43. The van der Waals surface area contributed by atoms with Gasteiger partial charge in [0.15, 0.2) is 5.79 Å². The van der Waals surface area contributed by atoms with Gasteiger partial charge in [0, 0.05) is 24.9 Å². The predicted molar refractivity (Wildman–Crippen MR) is 66.1 cm³/mol. The summed E-state index contributed by atoms with van der Waals surface area (Å²) in [5.74, 6) is -0.774. The van der Waals surface area contributed by atoms with E-state index < -0.39 is 5.79 Å². The molecule has 5 nitrogen and oxygen atoms in total. The van der Waals surface area contributed by atoms with Crippen LogP contribution in [0, 0.1) is 0 Å². The van der Waals surface area contributed by atoms with Gasteiger partial charge in [-0.1, -0.05) is 0 Å². The second-order valence-corrected chi connectivity index (χ2v) is 5.96. The maximum atomic E-state index is 12.0. The molecule has 18 heavy (non-hydrogen) atoms. The van der Waals surface area contributed by atoms with Crippen LogP contribution >= 0.6 is 0 Å². The number of carbonyl (C=O) groups excluding carboxylic acids is 1. The highest BCUT2D eigenvalue weighted by Gasteiger charge is 2.49. The van der Waals surface area contributed by atoms with Crippen molar-refractivity contribution in [3.05, 3.63) is 0 Å². The Morgan fingerprint density at radius 1 is 1.33 bits per heavy atom. The van der Waals surface area contributed by atoms with Crippen LogP contribution in [0.3, 0.4) is 0 Å². The molecule has 5 heteroatoms. The van der Waals surface area contributed by atoms with E-state index >= 15 is 0 Å². The van der Waals surface area contributed by atoms with E-state index in [2.05, 4.69) is 25.7 Å². The van der Waals surface area contributed by atoms with Gasteiger partial charge in [0.05, 0.1) is 20.3 Å². The molecule has 2 aliphatic rings. The molecule has 0 bridgehead atoms. The van der Waals surface area contributed by atoms with Crippen molar-refractivity contribution in [2.75, 3.05) is 26.9 Å². The highest BCUT2D eigenvalue weighted by Crippen LogP contribution is 2.37. The fourth-order valence-corrected chi connectivity index (χ4v) is 2.86. The second kappa shape index (κ2) is 4.79. The molecule has 2 heterocycles. The smallest absolute Gasteiger partial charge is 0.323 e. The van der Waals surface area contributed by atoms with Crippen molar-refractivity contribution in [2.45, 2.75) is 51.0 Å². The van der Waals surface area contributed by atoms with E-state index in [0.29, 0.717) is 19.6 Å². The van der Waals surface area contributed by atoms with Crippen molar-refractivity contribution in [3.8, 4) is 0 Å². The maximum absolute atomic E-state index is 12.0. The minimum absolute atomic E-state index is 0.0704. The Kier molecular flexibility index (Phi) is 3.67. The molecule has 0 aliphatic carbocycles. The largest absolute Gasteiger partial charge is 0.468 e. The number of hydrogen-bond acceptors (Lipinski definition) is 5. The zero-order chi connectivity index (χ0) is 13.4. The molecule has 0 amide bonds. The first-order chi connectivity index (χ1) is 8.38. The third-order valence-corrected chi connectivity index (χ3v) is 3.76. The van der Waals surface area contributed by atoms with Gasteiger partial charge >= 0.3 is 5.97 Å². The molecule has 2 rings (SSSR count). The van der Waals surface area contributed by atoms with Gasteiger partial charge in [0.1, 0.15) is 6.04 Å². The van der Waals surface area contributed by atoms with Crippen LogP contribution in [-0.2, 0) is 19.0 Å². The van der Waals surface area contributed by atoms with Crippen LogP contribution < -0.4 is 0 Å². The van der Waals surface area contributed by atoms with Crippen LogP contribution in [0.5, 0.6) is 0 Å². The van der Waals surface area contributed by atoms with Crippen LogP contribution in [0.1, 0.15) is 33.6 Å². The number of carbonyl (C=O) groups is 1. The summed E-state index contributed by atoms with van der Waals surface area (Å²) >= 11 is 0. The number of rotatable bonds is 1. The Morgan fingerprint density at radius 3 is 2.44 bits per heavy atom. The predicted octanol–water partition coefficient (Wildman–Crippen LogP) is 1.17. The fraction of sp³-hybridized carbons (Fsp3) is 0.923. The lowest BCUT2D eigenvalue weighted by atomic mass is 9.90. The molecule has 0 saturated carbocycles. The van der Waals surface area contributed by atoms with Gasteiger partial charge in [-0.3, -0.25) is 9.69 Å². The molecule has 0 aromatic rings. The first-order valence-corrected chi connectivity index (χ1v) is 6.50. The molecule has 0 aromatic carbocycles. The Morgan fingerprint density at radius 2 is 1.94 bits per heavy atom. The third-order valence-electron chi connectivity index (χ3n) is 3.76. The monoisotopic (exact) mass is 257 g/mol. The van der Waals surface area contributed by atoms with Gasteiger partial charge in [0.2, 0.25) is 0 Å². The summed E-state index contributed by atoms with van der Waals surface area (Å²) < 4.78 is 16.3. The van der Waals surface area contributed by atoms with Crippen molar-refractivity contribution in [2.24, 2.45) is 0 Å². The number of ether oxygens (including phenoxy) is 3. The summed E-state index contributed by atoms with van der Waals surface area (Å²) in [4.78, 5) is 14.2. The molecule has 1 spiro atoms. The molecule has 0 aromatic heterocycles. The number of hydrogen-bond donors (Lipinski definition) is 0. The summed E-state index contributed by atoms with van der Waals surface area (Å²) in [6, 6.07) is -0.290. The Labute approximate surface area is 108 Å². The molecular formula is C13H23NO4. The highest BCUT2D eigenvalue weighted by atomic mass is 16.7. The van der Waals surface area contributed by atoms with Crippen molar-refractivity contribution in [1.29, 1.82) is 0 Å². The van der Waals surface area contributed by atoms with Crippen LogP contribution in [0.4, 0.5) is 0 Å². The zero-order valence-electron chi connectivity index (χ0n) is 11.7. The molecule has 2 aliphatic heterocycles. The topological polar surface area (TPSA) is 48.0 Å². The molecule has 1 unspecified atom stereocenters. The minimum atomic E-state index is -0.569. The van der Waals surface area contributed by atoms with E-state index in [1.165, 1.54) is 7.11 Å². The van der Waals surface area contributed by atoms with Crippen LogP contribution in [0.15, 0.2) is 0 Å². The quantitative estimate of drug-likeness (QED) is 0.660. The van der Waals surface area contributed by atoms with E-state index in [4.69, 9.17) is 14.2 Å². The van der Waals surface area contributed by atoms with Crippen LogP contribution in [0.25, 0.3) is 0 Å². The first-order valence-electron chi connectivity index (χ1n) is 6.50. The summed E-state index contributed by atoms with van der Waals surface area (Å²) in [6.45, 7) is 8.34. The first kappa shape index (κ1) is 13.8. The van der Waals surface area contributed by atoms with E-state index in [1.54, 1.807) is 0 Å². The number of piperidine rings is 1. The summed E-state index contributed by atoms with van der Waals surface area (Å²) in [6.07, 6.45) is 1.36. The molecule has 2 fully saturated rings. The molecular weight excluding hydrogens is 234 g/mol. The van der Waals surface area contributed by atoms with Crippen molar-refractivity contribution >= 4 is 5.97 Å². The number of methoxy groups -OCH3 is 1. The maximum Gasteiger partial charge on any atom is 0.323 e. The lowest BCUT2D eigenvalue weighted by molar-refractivity contribution is -0.210. The van der Waals surface area contributed by atoms with Gasteiger partial charge in [-0.05, 0) is 20.8 Å². The number of esters is 1. The normalized spacial score (nSPS) is 28.6. The van der Waals surface area contributed by atoms with Crippen LogP contribution in [-0.4, -0.2) is 55.1 Å². The number of nitrogens with zero attached hydrogens (tertiary/aromatic N) is 1. The Hall–Kier alpha value is -0.650. The van der Waals surface area contributed by atoms with E-state index in [0.717, 1.165) is 13.0 Å². The molecule has 2 saturated heterocycles. The lowest BCUT2D eigenvalue weighted by Gasteiger charge is -2.47. The second-order valence-electron chi connectivity index (χ2n) is 5.96. The summed E-state index contributed by atoms with van der Waals surface area (Å²) in [5.41, 5.74) is -0.0704. The Bertz CT molecular complexity index is 317. The van der Waals surface area contributed by atoms with Crippen molar-refractivity contribution < 1.29 is 19.0 Å². The van der Waals surface area contributed by atoms with Gasteiger partial charge in [-0.25, -0.2) is 0 Å². The van der Waals surface area contributed by atoms with Gasteiger partial charge in [0.25, 0.3) is 0 Å². The average molecular weight is 257 g/mol. The van der Waals surface area contributed by atoms with Gasteiger partial charge < -0.3 is 14.2 Å².